The van der Waals surface area contributed by atoms with Crippen molar-refractivity contribution in [3.63, 3.8) is 0 Å². The summed E-state index contributed by atoms with van der Waals surface area (Å²) < 4.78 is 0. The van der Waals surface area contributed by atoms with Crippen molar-refractivity contribution in [1.82, 2.24) is 9.97 Å². The van der Waals surface area contributed by atoms with Crippen LogP contribution >= 0.6 is 0 Å². The van der Waals surface area contributed by atoms with Crippen LogP contribution in [-0.2, 0) is 6.42 Å². The van der Waals surface area contributed by atoms with Crippen LogP contribution in [-0.4, -0.2) is 15.8 Å². The Hall–Kier alpha value is -2.03. The van der Waals surface area contributed by atoms with E-state index in [-0.39, 0.29) is 12.2 Å². The molecule has 1 heterocycles. The van der Waals surface area contributed by atoms with Crippen LogP contribution in [0.15, 0.2) is 24.3 Å². The Bertz CT molecular complexity index is 609. The summed E-state index contributed by atoms with van der Waals surface area (Å²) in [5.41, 5.74) is 4.79. The van der Waals surface area contributed by atoms with E-state index in [0.717, 1.165) is 28.1 Å². The molecule has 1 aromatic carbocycles. The number of nitrogens with zero attached hydrogens (tertiary/aromatic N) is 2. The topological polar surface area (TPSA) is 42.9 Å². The van der Waals surface area contributed by atoms with E-state index < -0.39 is 0 Å². The van der Waals surface area contributed by atoms with Gasteiger partial charge in [-0.1, -0.05) is 23.8 Å². The van der Waals surface area contributed by atoms with Gasteiger partial charge in [0.1, 0.15) is 5.82 Å². The lowest BCUT2D eigenvalue weighted by molar-refractivity contribution is 0.0990. The molecule has 0 aliphatic heterocycles. The summed E-state index contributed by atoms with van der Waals surface area (Å²) in [6.45, 7) is 7.87. The highest BCUT2D eigenvalue weighted by atomic mass is 16.1. The van der Waals surface area contributed by atoms with Gasteiger partial charge in [-0.05, 0) is 39.3 Å². The number of carbonyl (C=O) groups excluding carboxylic acids is 1. The number of carbonyl (C=O) groups is 1. The van der Waals surface area contributed by atoms with Gasteiger partial charge in [-0.15, -0.1) is 0 Å². The molecular formula is C16H18N2O. The van der Waals surface area contributed by atoms with Crippen molar-refractivity contribution in [3.8, 4) is 0 Å². The molecule has 0 N–H and O–H groups in total. The number of aryl methyl sites for hydroxylation is 3. The van der Waals surface area contributed by atoms with Crippen molar-refractivity contribution >= 4 is 5.78 Å². The van der Waals surface area contributed by atoms with Gasteiger partial charge < -0.3 is 0 Å². The number of Topliss-reactive ketones (excluding diaryl/α,β-unsaturated/α-hetero) is 1. The molecule has 0 atom stereocenters. The van der Waals surface area contributed by atoms with Crippen molar-refractivity contribution in [3.05, 3.63) is 58.2 Å². The second kappa shape index (κ2) is 5.31. The third kappa shape index (κ3) is 3.05. The van der Waals surface area contributed by atoms with Crippen LogP contribution < -0.4 is 0 Å². The minimum absolute atomic E-state index is 0.0614. The van der Waals surface area contributed by atoms with E-state index in [2.05, 4.69) is 9.97 Å². The summed E-state index contributed by atoms with van der Waals surface area (Å²) in [7, 11) is 0. The molecule has 3 nitrogen and oxygen atoms in total. The maximum Gasteiger partial charge on any atom is 0.170 e. The third-order valence-corrected chi connectivity index (χ3v) is 3.34. The normalized spacial score (nSPS) is 10.5. The van der Waals surface area contributed by atoms with E-state index in [9.17, 15) is 4.79 Å². The van der Waals surface area contributed by atoms with E-state index in [1.54, 1.807) is 0 Å². The molecule has 1 aromatic heterocycles. The first-order valence-corrected chi connectivity index (χ1v) is 6.38. The van der Waals surface area contributed by atoms with Gasteiger partial charge in [0.15, 0.2) is 5.78 Å². The molecule has 0 spiro atoms. The molecule has 0 aliphatic rings. The van der Waals surface area contributed by atoms with Crippen LogP contribution in [0.5, 0.6) is 0 Å². The van der Waals surface area contributed by atoms with Gasteiger partial charge in [0, 0.05) is 17.0 Å². The molecule has 2 aromatic rings. The molecule has 19 heavy (non-hydrogen) atoms. The lowest BCUT2D eigenvalue weighted by Gasteiger charge is -2.07. The second-order valence-electron chi connectivity index (χ2n) is 4.91. The smallest absolute Gasteiger partial charge is 0.170 e. The zero-order valence-corrected chi connectivity index (χ0v) is 11.8. The summed E-state index contributed by atoms with van der Waals surface area (Å²) in [6.07, 6.45) is 0.255. The maximum atomic E-state index is 12.2. The predicted octanol–water partition coefficient (Wildman–Crippen LogP) is 3.14. The fraction of sp³-hybridized carbons (Fsp3) is 0.312. The highest BCUT2D eigenvalue weighted by Crippen LogP contribution is 2.11. The Kier molecular flexibility index (Phi) is 3.74. The molecule has 0 radical (unpaired) electrons. The molecule has 98 valence electrons. The molecule has 0 unspecified atom stereocenters. The molecule has 2 rings (SSSR count). The lowest BCUT2D eigenvalue weighted by Crippen LogP contribution is -2.10. The van der Waals surface area contributed by atoms with Crippen LogP contribution in [0.25, 0.3) is 0 Å². The van der Waals surface area contributed by atoms with Gasteiger partial charge in [-0.25, -0.2) is 9.97 Å². The van der Waals surface area contributed by atoms with Gasteiger partial charge in [-0.3, -0.25) is 4.79 Å². The summed E-state index contributed by atoms with van der Waals surface area (Å²) >= 11 is 0. The van der Waals surface area contributed by atoms with Crippen molar-refractivity contribution in [2.45, 2.75) is 34.1 Å². The first-order chi connectivity index (χ1) is 8.97. The number of rotatable bonds is 3. The third-order valence-electron chi connectivity index (χ3n) is 3.34. The van der Waals surface area contributed by atoms with Crippen molar-refractivity contribution < 1.29 is 4.79 Å². The fourth-order valence-corrected chi connectivity index (χ4v) is 1.98. The monoisotopic (exact) mass is 254 g/mol. The van der Waals surface area contributed by atoms with Gasteiger partial charge in [-0.2, -0.15) is 0 Å². The maximum absolute atomic E-state index is 12.2. The zero-order valence-electron chi connectivity index (χ0n) is 11.8. The Morgan fingerprint density at radius 3 is 2.26 bits per heavy atom. The van der Waals surface area contributed by atoms with E-state index in [1.807, 2.05) is 52.0 Å². The standard InChI is InChI=1S/C16H18N2O/c1-10-6-5-7-14(8-10)15(19)9-16-17-12(3)11(2)13(4)18-16/h5-8H,9H2,1-4H3. The van der Waals surface area contributed by atoms with E-state index >= 15 is 0 Å². The van der Waals surface area contributed by atoms with E-state index in [1.165, 1.54) is 0 Å². The molecule has 0 aliphatic carbocycles. The van der Waals surface area contributed by atoms with Crippen LogP contribution in [0.3, 0.4) is 0 Å². The van der Waals surface area contributed by atoms with Crippen LogP contribution in [0.1, 0.15) is 38.7 Å². The molecule has 3 heteroatoms. The first kappa shape index (κ1) is 13.4. The minimum Gasteiger partial charge on any atom is -0.294 e. The van der Waals surface area contributed by atoms with Crippen molar-refractivity contribution in [2.24, 2.45) is 0 Å². The second-order valence-corrected chi connectivity index (χ2v) is 4.91. The van der Waals surface area contributed by atoms with E-state index in [4.69, 9.17) is 0 Å². The summed E-state index contributed by atoms with van der Waals surface area (Å²) in [5.74, 6) is 0.665. The number of hydrogen-bond donors (Lipinski definition) is 0. The number of ketones is 1. The van der Waals surface area contributed by atoms with Crippen LogP contribution in [0.2, 0.25) is 0 Å². The van der Waals surface area contributed by atoms with Gasteiger partial charge >= 0.3 is 0 Å². The van der Waals surface area contributed by atoms with Gasteiger partial charge in [0.25, 0.3) is 0 Å². The number of aromatic nitrogens is 2. The quantitative estimate of drug-likeness (QED) is 0.790. The molecule has 0 saturated heterocycles. The Morgan fingerprint density at radius 2 is 1.68 bits per heavy atom. The average molecular weight is 254 g/mol. The molecule has 0 fully saturated rings. The highest BCUT2D eigenvalue weighted by molar-refractivity contribution is 5.97. The van der Waals surface area contributed by atoms with Crippen molar-refractivity contribution in [1.29, 1.82) is 0 Å². The molecule has 0 bridgehead atoms. The number of benzene rings is 1. The lowest BCUT2D eigenvalue weighted by atomic mass is 10.1. The van der Waals surface area contributed by atoms with Crippen LogP contribution in [0, 0.1) is 27.7 Å². The average Bonchev–Trinajstić information content (AvgIpc) is 2.36. The Morgan fingerprint density at radius 1 is 1.05 bits per heavy atom. The zero-order chi connectivity index (χ0) is 14.0. The van der Waals surface area contributed by atoms with E-state index in [0.29, 0.717) is 5.82 Å². The summed E-state index contributed by atoms with van der Waals surface area (Å²) in [5, 5.41) is 0. The summed E-state index contributed by atoms with van der Waals surface area (Å²) in [6, 6.07) is 7.61. The molecule has 0 amide bonds. The minimum atomic E-state index is 0.0614. The first-order valence-electron chi connectivity index (χ1n) is 6.38. The van der Waals surface area contributed by atoms with Crippen LogP contribution in [0.4, 0.5) is 0 Å². The SMILES string of the molecule is Cc1cccc(C(=O)Cc2nc(C)c(C)c(C)n2)c1. The summed E-state index contributed by atoms with van der Waals surface area (Å²) in [4.78, 5) is 21.0. The Labute approximate surface area is 113 Å². The highest BCUT2D eigenvalue weighted by Gasteiger charge is 2.11. The Balaban J connectivity index is 2.24. The largest absolute Gasteiger partial charge is 0.294 e. The van der Waals surface area contributed by atoms with Gasteiger partial charge in [0.2, 0.25) is 0 Å². The fourth-order valence-electron chi connectivity index (χ4n) is 1.98. The van der Waals surface area contributed by atoms with Crippen molar-refractivity contribution in [2.75, 3.05) is 0 Å². The number of hydrogen-bond acceptors (Lipinski definition) is 3. The predicted molar refractivity (Wildman–Crippen MR) is 75.5 cm³/mol. The molecular weight excluding hydrogens is 236 g/mol. The molecule has 0 saturated carbocycles. The van der Waals surface area contributed by atoms with Gasteiger partial charge in [0.05, 0.1) is 6.42 Å².